The van der Waals surface area contributed by atoms with Crippen molar-refractivity contribution in [3.63, 3.8) is 0 Å². The van der Waals surface area contributed by atoms with Crippen LogP contribution >= 0.6 is 0 Å². The molecule has 4 aliphatic carbocycles. The maximum atomic E-state index is 13.0. The summed E-state index contributed by atoms with van der Waals surface area (Å²) in [6.45, 7) is 0. The molecule has 0 aromatic carbocycles. The number of halogens is 6. The van der Waals surface area contributed by atoms with Crippen LogP contribution in [-0.4, -0.2) is 23.4 Å². The molecule has 0 heterocycles. The summed E-state index contributed by atoms with van der Waals surface area (Å²) in [6.07, 6.45) is -11.2. The molecular formula is C15H18F6O2. The van der Waals surface area contributed by atoms with Crippen molar-refractivity contribution >= 4 is 5.97 Å². The lowest BCUT2D eigenvalue weighted by Crippen LogP contribution is -2.60. The van der Waals surface area contributed by atoms with E-state index in [9.17, 15) is 36.2 Å². The average Bonchev–Trinajstić information content (AvgIpc) is 2.18. The van der Waals surface area contributed by atoms with Crippen LogP contribution in [0.4, 0.5) is 26.3 Å². The lowest BCUT2D eigenvalue weighted by Gasteiger charge is -2.65. The molecule has 0 amide bonds. The van der Waals surface area contributed by atoms with E-state index >= 15 is 0 Å². The summed E-state index contributed by atoms with van der Waals surface area (Å²) >= 11 is 0. The minimum absolute atomic E-state index is 0.148. The Kier molecular flexibility index (Phi) is 3.35. The SMILES string of the molecule is O=C(O)C12CC3CC(CC(F)(F)F)(CC(CC(F)(F)F)(C3)C1)C2. The van der Waals surface area contributed by atoms with Gasteiger partial charge < -0.3 is 5.11 Å². The summed E-state index contributed by atoms with van der Waals surface area (Å²) in [6, 6.07) is 0. The molecule has 4 fully saturated rings. The lowest BCUT2D eigenvalue weighted by atomic mass is 9.38. The average molecular weight is 344 g/mol. The fraction of sp³-hybridized carbons (Fsp3) is 0.933. The molecule has 0 saturated heterocycles. The Labute approximate surface area is 129 Å². The first-order valence-corrected chi connectivity index (χ1v) is 7.63. The van der Waals surface area contributed by atoms with E-state index in [0.717, 1.165) is 0 Å². The van der Waals surface area contributed by atoms with Gasteiger partial charge in [-0.05, 0) is 55.3 Å². The van der Waals surface area contributed by atoms with Crippen molar-refractivity contribution in [2.24, 2.45) is 22.2 Å². The predicted octanol–water partition coefficient (Wildman–Crippen LogP) is 4.93. The van der Waals surface area contributed by atoms with E-state index in [2.05, 4.69) is 0 Å². The molecule has 4 saturated carbocycles. The predicted molar refractivity (Wildman–Crippen MR) is 67.5 cm³/mol. The van der Waals surface area contributed by atoms with Crippen LogP contribution < -0.4 is 0 Å². The zero-order valence-electron chi connectivity index (χ0n) is 12.4. The number of alkyl halides is 6. The molecule has 0 spiro atoms. The van der Waals surface area contributed by atoms with Gasteiger partial charge in [-0.2, -0.15) is 26.3 Å². The molecule has 8 heteroatoms. The molecule has 23 heavy (non-hydrogen) atoms. The van der Waals surface area contributed by atoms with Gasteiger partial charge in [-0.3, -0.25) is 4.79 Å². The number of carboxylic acid groups (broad SMARTS) is 1. The van der Waals surface area contributed by atoms with Gasteiger partial charge in [0.2, 0.25) is 0 Å². The molecule has 2 atom stereocenters. The van der Waals surface area contributed by atoms with E-state index < -0.39 is 47.4 Å². The van der Waals surface area contributed by atoms with Crippen molar-refractivity contribution in [1.82, 2.24) is 0 Å². The monoisotopic (exact) mass is 344 g/mol. The summed E-state index contributed by atoms with van der Waals surface area (Å²) in [4.78, 5) is 11.7. The van der Waals surface area contributed by atoms with Crippen molar-refractivity contribution in [3.05, 3.63) is 0 Å². The number of hydrogen-bond acceptors (Lipinski definition) is 1. The molecule has 2 nitrogen and oxygen atoms in total. The van der Waals surface area contributed by atoms with Crippen molar-refractivity contribution in [1.29, 1.82) is 0 Å². The Balaban J connectivity index is 2.00. The van der Waals surface area contributed by atoms with Gasteiger partial charge >= 0.3 is 18.3 Å². The molecule has 0 aromatic rings. The van der Waals surface area contributed by atoms with Gasteiger partial charge in [0.25, 0.3) is 0 Å². The van der Waals surface area contributed by atoms with Crippen molar-refractivity contribution in [2.45, 2.75) is 63.7 Å². The highest BCUT2D eigenvalue weighted by atomic mass is 19.4. The minimum Gasteiger partial charge on any atom is -0.481 e. The normalized spacial score (nSPS) is 43.0. The van der Waals surface area contributed by atoms with Gasteiger partial charge in [-0.25, -0.2) is 0 Å². The first-order valence-electron chi connectivity index (χ1n) is 7.63. The van der Waals surface area contributed by atoms with Crippen LogP contribution in [0.25, 0.3) is 0 Å². The van der Waals surface area contributed by atoms with Gasteiger partial charge in [0, 0.05) is 12.8 Å². The standard InChI is InChI=1S/C15H18F6O2/c16-14(17,18)7-11-1-9-2-12(4-11,8-15(19,20)21)6-13(3-9,5-11)10(22)23/h9H,1-8H2,(H,22,23). The molecule has 0 aromatic heterocycles. The van der Waals surface area contributed by atoms with Crippen molar-refractivity contribution < 1.29 is 36.2 Å². The Morgan fingerprint density at radius 2 is 1.30 bits per heavy atom. The van der Waals surface area contributed by atoms with Gasteiger partial charge in [0.15, 0.2) is 0 Å². The van der Waals surface area contributed by atoms with Gasteiger partial charge in [-0.15, -0.1) is 0 Å². The Hall–Kier alpha value is -0.950. The van der Waals surface area contributed by atoms with E-state index in [-0.39, 0.29) is 44.4 Å². The summed E-state index contributed by atoms with van der Waals surface area (Å²) in [5.74, 6) is -1.59. The molecule has 0 radical (unpaired) electrons. The molecule has 4 rings (SSSR count). The molecular weight excluding hydrogens is 326 g/mol. The molecule has 4 bridgehead atoms. The third-order valence-corrected chi connectivity index (χ3v) is 5.90. The fourth-order valence-electron chi connectivity index (χ4n) is 6.33. The van der Waals surface area contributed by atoms with E-state index in [4.69, 9.17) is 0 Å². The third-order valence-electron chi connectivity index (χ3n) is 5.90. The van der Waals surface area contributed by atoms with Crippen LogP contribution in [0.3, 0.4) is 0 Å². The minimum atomic E-state index is -4.50. The first kappa shape index (κ1) is 16.9. The van der Waals surface area contributed by atoms with Crippen LogP contribution in [0, 0.1) is 22.2 Å². The number of carboxylic acids is 1. The maximum absolute atomic E-state index is 13.0. The van der Waals surface area contributed by atoms with Crippen LogP contribution in [0.5, 0.6) is 0 Å². The molecule has 4 aliphatic rings. The summed E-state index contributed by atoms with van der Waals surface area (Å²) in [5.41, 5.74) is -4.11. The van der Waals surface area contributed by atoms with Crippen molar-refractivity contribution in [2.75, 3.05) is 0 Å². The number of rotatable bonds is 3. The second-order valence-corrected chi connectivity index (χ2v) is 8.18. The second-order valence-electron chi connectivity index (χ2n) is 8.18. The van der Waals surface area contributed by atoms with Crippen LogP contribution in [-0.2, 0) is 4.79 Å². The summed E-state index contributed by atoms with van der Waals surface area (Å²) in [5, 5.41) is 9.54. The largest absolute Gasteiger partial charge is 0.481 e. The van der Waals surface area contributed by atoms with Crippen LogP contribution in [0.2, 0.25) is 0 Å². The zero-order chi connectivity index (χ0) is 17.3. The highest BCUT2D eigenvalue weighted by Crippen LogP contribution is 2.73. The van der Waals surface area contributed by atoms with E-state index in [1.54, 1.807) is 0 Å². The Morgan fingerprint density at radius 3 is 1.65 bits per heavy atom. The maximum Gasteiger partial charge on any atom is 0.389 e. The molecule has 1 N–H and O–H groups in total. The molecule has 2 unspecified atom stereocenters. The second kappa shape index (κ2) is 4.57. The molecule has 132 valence electrons. The highest BCUT2D eigenvalue weighted by Gasteiger charge is 2.68. The van der Waals surface area contributed by atoms with Gasteiger partial charge in [0.05, 0.1) is 5.41 Å². The Morgan fingerprint density at radius 1 is 0.870 bits per heavy atom. The Bertz CT molecular complexity index is 491. The summed E-state index contributed by atoms with van der Waals surface area (Å²) in [7, 11) is 0. The van der Waals surface area contributed by atoms with Gasteiger partial charge in [-0.1, -0.05) is 0 Å². The number of aliphatic carboxylic acids is 1. The fourth-order valence-corrected chi connectivity index (χ4v) is 6.33. The number of hydrogen-bond donors (Lipinski definition) is 1. The highest BCUT2D eigenvalue weighted by molar-refractivity contribution is 5.75. The van der Waals surface area contributed by atoms with Crippen LogP contribution in [0.1, 0.15) is 51.4 Å². The van der Waals surface area contributed by atoms with Crippen molar-refractivity contribution in [3.8, 4) is 0 Å². The number of carbonyl (C=O) groups is 1. The third kappa shape index (κ3) is 3.05. The summed E-state index contributed by atoms with van der Waals surface area (Å²) < 4.78 is 77.9. The van der Waals surface area contributed by atoms with Crippen LogP contribution in [0.15, 0.2) is 0 Å². The van der Waals surface area contributed by atoms with Gasteiger partial charge in [0.1, 0.15) is 0 Å². The quantitative estimate of drug-likeness (QED) is 0.737. The first-order chi connectivity index (χ1) is 10.3. The van der Waals surface area contributed by atoms with E-state index in [0.29, 0.717) is 0 Å². The lowest BCUT2D eigenvalue weighted by molar-refractivity contribution is -0.246. The molecule has 0 aliphatic heterocycles. The van der Waals surface area contributed by atoms with E-state index in [1.807, 2.05) is 0 Å². The smallest absolute Gasteiger partial charge is 0.389 e. The van der Waals surface area contributed by atoms with E-state index in [1.165, 1.54) is 0 Å². The topological polar surface area (TPSA) is 37.3 Å². The zero-order valence-corrected chi connectivity index (χ0v) is 12.4.